The van der Waals surface area contributed by atoms with E-state index < -0.39 is 0 Å². The molecule has 1 aliphatic heterocycles. The highest BCUT2D eigenvalue weighted by atomic mass is 32.2. The van der Waals surface area contributed by atoms with Crippen LogP contribution >= 0.6 is 11.8 Å². The second-order valence-corrected chi connectivity index (χ2v) is 15.6. The van der Waals surface area contributed by atoms with E-state index in [0.717, 1.165) is 49.5 Å². The quantitative estimate of drug-likeness (QED) is 0.176. The molecule has 0 saturated carbocycles. The van der Waals surface area contributed by atoms with Crippen molar-refractivity contribution in [2.45, 2.75) is 9.79 Å². The third kappa shape index (κ3) is 5.08. The number of aromatic nitrogens is 5. The Balaban J connectivity index is 1.07. The maximum atomic E-state index is 5.21. The molecule has 0 bridgehead atoms. The van der Waals surface area contributed by atoms with Crippen LogP contribution in [0.25, 0.3) is 100 Å². The van der Waals surface area contributed by atoms with E-state index in [1.54, 1.807) is 0 Å². The average molecular weight is 746 g/mol. The SMILES string of the molecule is c1ccc(-c2cccc(-c3nc(-c4ccc5c(c4)Sc4cccc6c7c8ccccc8n(-c8ccccc8)c7n-5c46)nc(-c4ccc5ccccc5c4)n3)c2)cc1. The molecule has 4 heterocycles. The first-order chi connectivity index (χ1) is 28.2. The summed E-state index contributed by atoms with van der Waals surface area (Å²) in [7, 11) is 0. The highest BCUT2D eigenvalue weighted by Gasteiger charge is 2.28. The second-order valence-electron chi connectivity index (χ2n) is 14.5. The molecule has 0 unspecified atom stereocenters. The molecule has 0 spiro atoms. The maximum absolute atomic E-state index is 5.21. The zero-order valence-corrected chi connectivity index (χ0v) is 31.4. The van der Waals surface area contributed by atoms with E-state index in [1.807, 2.05) is 17.8 Å². The van der Waals surface area contributed by atoms with Crippen LogP contribution in [0.2, 0.25) is 0 Å². The van der Waals surface area contributed by atoms with Crippen molar-refractivity contribution in [3.05, 3.63) is 188 Å². The van der Waals surface area contributed by atoms with E-state index in [9.17, 15) is 0 Å². The monoisotopic (exact) mass is 745 g/mol. The smallest absolute Gasteiger partial charge is 0.164 e. The summed E-state index contributed by atoms with van der Waals surface area (Å²) in [5.74, 6) is 1.91. The van der Waals surface area contributed by atoms with Gasteiger partial charge in [-0.1, -0.05) is 145 Å². The van der Waals surface area contributed by atoms with Crippen LogP contribution in [0.4, 0.5) is 0 Å². The molecule has 0 fully saturated rings. The zero-order chi connectivity index (χ0) is 37.5. The van der Waals surface area contributed by atoms with Gasteiger partial charge in [-0.3, -0.25) is 9.13 Å². The minimum atomic E-state index is 0.636. The van der Waals surface area contributed by atoms with E-state index in [4.69, 9.17) is 15.0 Å². The van der Waals surface area contributed by atoms with Crippen LogP contribution in [0.15, 0.2) is 198 Å². The van der Waals surface area contributed by atoms with Gasteiger partial charge in [0, 0.05) is 48.3 Å². The Kier molecular flexibility index (Phi) is 7.09. The highest BCUT2D eigenvalue weighted by molar-refractivity contribution is 7.99. The Morgan fingerprint density at radius 3 is 1.82 bits per heavy atom. The molecule has 8 aromatic carbocycles. The molecule has 0 amide bonds. The molecular formula is C51H31N5S. The van der Waals surface area contributed by atoms with Gasteiger partial charge in [-0.25, -0.2) is 15.0 Å². The lowest BCUT2D eigenvalue weighted by atomic mass is 10.0. The van der Waals surface area contributed by atoms with Crippen LogP contribution in [0.5, 0.6) is 0 Å². The van der Waals surface area contributed by atoms with Gasteiger partial charge in [-0.2, -0.15) is 0 Å². The van der Waals surface area contributed by atoms with Crippen LogP contribution < -0.4 is 0 Å². The lowest BCUT2D eigenvalue weighted by Gasteiger charge is -2.22. The standard InChI is InChI=1S/C51H31N5S/c1-3-13-32(14-4-1)35-17-11-18-36(29-35)48-52-49(37-26-25-33-15-7-8-16-34(33)30-37)54-50(53-48)38-27-28-43-45(31-38)57-44-24-12-22-41-46-40-21-9-10-23-42(40)55(39-19-5-2-6-20-39)51(46)56(43)47(41)44/h1-31H. The molecule has 0 atom stereocenters. The Morgan fingerprint density at radius 1 is 0.386 bits per heavy atom. The van der Waals surface area contributed by atoms with Crippen molar-refractivity contribution in [1.29, 1.82) is 0 Å². The molecule has 3 aromatic heterocycles. The summed E-state index contributed by atoms with van der Waals surface area (Å²) in [5, 5.41) is 6.10. The molecule has 0 N–H and O–H groups in total. The van der Waals surface area contributed by atoms with Crippen molar-refractivity contribution in [1.82, 2.24) is 24.1 Å². The molecule has 0 saturated heterocycles. The highest BCUT2D eigenvalue weighted by Crippen LogP contribution is 2.50. The first kappa shape index (κ1) is 32.0. The summed E-state index contributed by atoms with van der Waals surface area (Å²) >= 11 is 1.81. The van der Waals surface area contributed by atoms with Crippen molar-refractivity contribution < 1.29 is 0 Å². The van der Waals surface area contributed by atoms with E-state index in [2.05, 4.69) is 191 Å². The van der Waals surface area contributed by atoms with Crippen LogP contribution in [-0.2, 0) is 0 Å². The van der Waals surface area contributed by atoms with Gasteiger partial charge in [0.05, 0.1) is 16.7 Å². The molecule has 0 radical (unpaired) electrons. The number of hydrogen-bond acceptors (Lipinski definition) is 4. The number of nitrogens with zero attached hydrogens (tertiary/aromatic N) is 5. The van der Waals surface area contributed by atoms with E-state index in [-0.39, 0.29) is 0 Å². The first-order valence-electron chi connectivity index (χ1n) is 19.1. The number of rotatable bonds is 5. The Morgan fingerprint density at radius 2 is 1.00 bits per heavy atom. The number of hydrogen-bond donors (Lipinski definition) is 0. The summed E-state index contributed by atoms with van der Waals surface area (Å²) in [4.78, 5) is 17.9. The zero-order valence-electron chi connectivity index (χ0n) is 30.5. The molecule has 6 heteroatoms. The van der Waals surface area contributed by atoms with Crippen LogP contribution in [0.1, 0.15) is 0 Å². The number of benzene rings is 8. The second kappa shape index (κ2) is 12.6. The minimum absolute atomic E-state index is 0.636. The average Bonchev–Trinajstić information content (AvgIpc) is 3.80. The predicted octanol–water partition coefficient (Wildman–Crippen LogP) is 13.2. The van der Waals surface area contributed by atoms with Gasteiger partial charge in [-0.15, -0.1) is 0 Å². The lowest BCUT2D eigenvalue weighted by molar-refractivity contribution is 1.02. The van der Waals surface area contributed by atoms with Gasteiger partial charge in [0.25, 0.3) is 0 Å². The van der Waals surface area contributed by atoms with E-state index in [1.165, 1.54) is 43.1 Å². The summed E-state index contributed by atoms with van der Waals surface area (Å²) in [5.41, 5.74) is 11.0. The fourth-order valence-electron chi connectivity index (χ4n) is 8.52. The Bertz CT molecular complexity index is 3380. The topological polar surface area (TPSA) is 48.5 Å². The van der Waals surface area contributed by atoms with Gasteiger partial charge in [-0.05, 0) is 76.5 Å². The fraction of sp³-hybridized carbons (Fsp3) is 0. The van der Waals surface area contributed by atoms with Crippen LogP contribution in [-0.4, -0.2) is 24.1 Å². The van der Waals surface area contributed by atoms with Gasteiger partial charge < -0.3 is 0 Å². The Labute approximate surface area is 332 Å². The molecular weight excluding hydrogens is 715 g/mol. The summed E-state index contributed by atoms with van der Waals surface area (Å²) < 4.78 is 4.89. The third-order valence-electron chi connectivity index (χ3n) is 11.1. The molecule has 0 aliphatic carbocycles. The molecule has 57 heavy (non-hydrogen) atoms. The summed E-state index contributed by atoms with van der Waals surface area (Å²) in [6.45, 7) is 0. The van der Waals surface area contributed by atoms with Crippen LogP contribution in [0.3, 0.4) is 0 Å². The maximum Gasteiger partial charge on any atom is 0.164 e. The van der Waals surface area contributed by atoms with Gasteiger partial charge in [0.1, 0.15) is 5.65 Å². The van der Waals surface area contributed by atoms with E-state index in [0.29, 0.717) is 17.5 Å². The van der Waals surface area contributed by atoms with Gasteiger partial charge in [0.15, 0.2) is 17.5 Å². The van der Waals surface area contributed by atoms with Crippen LogP contribution in [0, 0.1) is 0 Å². The van der Waals surface area contributed by atoms with Crippen molar-refractivity contribution in [3.8, 4) is 56.7 Å². The molecule has 1 aliphatic rings. The summed E-state index contributed by atoms with van der Waals surface area (Å²) in [6.07, 6.45) is 0. The summed E-state index contributed by atoms with van der Waals surface area (Å²) in [6, 6.07) is 66.6. The molecule has 12 rings (SSSR count). The van der Waals surface area contributed by atoms with Gasteiger partial charge >= 0.3 is 0 Å². The molecule has 266 valence electrons. The normalized spacial score (nSPS) is 12.1. The molecule has 5 nitrogen and oxygen atoms in total. The number of para-hydroxylation sites is 3. The third-order valence-corrected chi connectivity index (χ3v) is 12.2. The Hall–Kier alpha value is -7.28. The largest absolute Gasteiger partial charge is 0.295 e. The van der Waals surface area contributed by atoms with Crippen molar-refractivity contribution in [2.75, 3.05) is 0 Å². The fourth-order valence-corrected chi connectivity index (χ4v) is 9.65. The first-order valence-corrected chi connectivity index (χ1v) is 19.9. The molecule has 11 aromatic rings. The van der Waals surface area contributed by atoms with Gasteiger partial charge in [0.2, 0.25) is 0 Å². The predicted molar refractivity (Wildman–Crippen MR) is 234 cm³/mol. The van der Waals surface area contributed by atoms with Crippen molar-refractivity contribution >= 4 is 55.4 Å². The lowest BCUT2D eigenvalue weighted by Crippen LogP contribution is -2.06. The number of fused-ring (bicyclic) bond motifs is 8. The van der Waals surface area contributed by atoms with Crippen molar-refractivity contribution in [3.63, 3.8) is 0 Å². The van der Waals surface area contributed by atoms with E-state index >= 15 is 0 Å². The minimum Gasteiger partial charge on any atom is -0.295 e. The van der Waals surface area contributed by atoms with Crippen molar-refractivity contribution in [2.24, 2.45) is 0 Å².